The fourth-order valence-electron chi connectivity index (χ4n) is 1.90. The molecular formula is C19H21NO6S. The largest absolute Gasteiger partial charge is 0.497 e. The minimum atomic E-state index is -1.26. The molecule has 4 N–H and O–H groups in total. The van der Waals surface area contributed by atoms with Crippen molar-refractivity contribution in [3.05, 3.63) is 60.2 Å². The van der Waals surface area contributed by atoms with Crippen molar-refractivity contribution in [1.82, 2.24) is 0 Å². The van der Waals surface area contributed by atoms with Gasteiger partial charge in [-0.1, -0.05) is 30.0 Å². The number of methoxy groups -OCH3 is 2. The van der Waals surface area contributed by atoms with Gasteiger partial charge in [-0.3, -0.25) is 0 Å². The van der Waals surface area contributed by atoms with Gasteiger partial charge in [0.1, 0.15) is 11.5 Å². The number of ether oxygens (including phenoxy) is 2. The molecule has 8 heteroatoms. The molecule has 0 aromatic heterocycles. The summed E-state index contributed by atoms with van der Waals surface area (Å²) in [6.07, 6.45) is 1.12. The summed E-state index contributed by atoms with van der Waals surface area (Å²) in [6.45, 7) is 0.523. The fraction of sp³-hybridized carbons (Fsp3) is 0.158. The highest BCUT2D eigenvalue weighted by Gasteiger charge is 2.09. The Morgan fingerprint density at radius 2 is 1.63 bits per heavy atom. The second-order valence-corrected chi connectivity index (χ2v) is 6.02. The van der Waals surface area contributed by atoms with Crippen LogP contribution < -0.4 is 15.2 Å². The summed E-state index contributed by atoms with van der Waals surface area (Å²) in [5.74, 6) is -0.869. The average molecular weight is 391 g/mol. The van der Waals surface area contributed by atoms with Crippen LogP contribution in [-0.2, 0) is 16.1 Å². The first-order valence-electron chi connectivity index (χ1n) is 7.73. The molecule has 0 spiro atoms. The number of nitrogens with two attached hydrogens (primary N) is 1. The second kappa shape index (κ2) is 11.6. The summed E-state index contributed by atoms with van der Waals surface area (Å²) in [6, 6.07) is 13.9. The number of carbonyl (C=O) groups is 2. The smallest absolute Gasteiger partial charge is 0.328 e. The Balaban J connectivity index is 0.000000387. The Morgan fingerprint density at radius 3 is 2.15 bits per heavy atom. The molecule has 2 rings (SSSR count). The molecule has 0 saturated carbocycles. The van der Waals surface area contributed by atoms with Crippen LogP contribution >= 0.6 is 11.8 Å². The molecule has 2 aromatic rings. The maximum Gasteiger partial charge on any atom is 0.328 e. The van der Waals surface area contributed by atoms with Gasteiger partial charge in [0.25, 0.3) is 0 Å². The number of hydrogen-bond acceptors (Lipinski definition) is 6. The Labute approximate surface area is 161 Å². The van der Waals surface area contributed by atoms with Gasteiger partial charge in [-0.2, -0.15) is 0 Å². The van der Waals surface area contributed by atoms with Crippen molar-refractivity contribution in [2.75, 3.05) is 14.2 Å². The van der Waals surface area contributed by atoms with E-state index in [1.54, 1.807) is 26.0 Å². The minimum Gasteiger partial charge on any atom is -0.497 e. The van der Waals surface area contributed by atoms with Gasteiger partial charge in [-0.15, -0.1) is 0 Å². The van der Waals surface area contributed by atoms with Crippen LogP contribution in [0.4, 0.5) is 0 Å². The number of carboxylic acid groups (broad SMARTS) is 2. The lowest BCUT2D eigenvalue weighted by Crippen LogP contribution is -1.98. The molecule has 0 heterocycles. The van der Waals surface area contributed by atoms with E-state index in [-0.39, 0.29) is 0 Å². The van der Waals surface area contributed by atoms with Gasteiger partial charge >= 0.3 is 11.9 Å². The molecule has 0 aliphatic heterocycles. The Bertz CT molecular complexity index is 791. The number of hydrogen-bond donors (Lipinski definition) is 3. The van der Waals surface area contributed by atoms with Crippen molar-refractivity contribution < 1.29 is 29.3 Å². The SMILES string of the molecule is COc1ccc(OC)c(Sc2ccccc2CN)c1.O=C(O)C=CC(=O)O. The van der Waals surface area contributed by atoms with Crippen LogP contribution in [0, 0.1) is 0 Å². The van der Waals surface area contributed by atoms with Crippen LogP contribution in [0.2, 0.25) is 0 Å². The Morgan fingerprint density at radius 1 is 1.00 bits per heavy atom. The van der Waals surface area contributed by atoms with Crippen LogP contribution in [0.1, 0.15) is 5.56 Å². The van der Waals surface area contributed by atoms with E-state index in [4.69, 9.17) is 25.4 Å². The highest BCUT2D eigenvalue weighted by molar-refractivity contribution is 7.99. The molecular weight excluding hydrogens is 370 g/mol. The molecule has 0 aliphatic rings. The number of rotatable bonds is 7. The summed E-state index contributed by atoms with van der Waals surface area (Å²) in [7, 11) is 3.32. The highest BCUT2D eigenvalue weighted by atomic mass is 32.2. The molecule has 0 radical (unpaired) electrons. The normalized spacial score (nSPS) is 10.0. The van der Waals surface area contributed by atoms with Crippen molar-refractivity contribution in [3.8, 4) is 11.5 Å². The van der Waals surface area contributed by atoms with Gasteiger partial charge in [-0.05, 0) is 29.8 Å². The van der Waals surface area contributed by atoms with E-state index in [1.165, 1.54) is 0 Å². The predicted molar refractivity (Wildman–Crippen MR) is 102 cm³/mol. The van der Waals surface area contributed by atoms with Gasteiger partial charge in [0.2, 0.25) is 0 Å². The van der Waals surface area contributed by atoms with Crippen LogP contribution in [0.5, 0.6) is 11.5 Å². The molecule has 0 aliphatic carbocycles. The van der Waals surface area contributed by atoms with Gasteiger partial charge in [0, 0.05) is 23.6 Å². The molecule has 0 saturated heterocycles. The first-order valence-corrected chi connectivity index (χ1v) is 8.54. The van der Waals surface area contributed by atoms with Crippen LogP contribution in [-0.4, -0.2) is 36.4 Å². The van der Waals surface area contributed by atoms with Gasteiger partial charge in [-0.25, -0.2) is 9.59 Å². The summed E-state index contributed by atoms with van der Waals surface area (Å²) in [5, 5.41) is 15.6. The summed E-state index contributed by atoms with van der Waals surface area (Å²) in [5.41, 5.74) is 6.88. The summed E-state index contributed by atoms with van der Waals surface area (Å²) >= 11 is 1.63. The molecule has 2 aromatic carbocycles. The zero-order valence-corrected chi connectivity index (χ0v) is 15.7. The molecule has 0 bridgehead atoms. The lowest BCUT2D eigenvalue weighted by Gasteiger charge is -2.12. The van der Waals surface area contributed by atoms with E-state index >= 15 is 0 Å². The minimum absolute atomic E-state index is 0.523. The number of carboxylic acids is 2. The van der Waals surface area contributed by atoms with E-state index < -0.39 is 11.9 Å². The first-order chi connectivity index (χ1) is 12.9. The monoisotopic (exact) mass is 391 g/mol. The van der Waals surface area contributed by atoms with Crippen molar-refractivity contribution in [2.45, 2.75) is 16.3 Å². The van der Waals surface area contributed by atoms with Crippen LogP contribution in [0.25, 0.3) is 0 Å². The summed E-state index contributed by atoms with van der Waals surface area (Å²) in [4.78, 5) is 21.3. The van der Waals surface area contributed by atoms with Crippen LogP contribution in [0.15, 0.2) is 64.4 Å². The van der Waals surface area contributed by atoms with Crippen molar-refractivity contribution in [1.29, 1.82) is 0 Å². The maximum absolute atomic E-state index is 9.55. The number of benzene rings is 2. The summed E-state index contributed by atoms with van der Waals surface area (Å²) < 4.78 is 10.6. The zero-order valence-electron chi connectivity index (χ0n) is 14.9. The number of aliphatic carboxylic acids is 2. The third-order valence-corrected chi connectivity index (χ3v) is 4.31. The molecule has 0 amide bonds. The van der Waals surface area contributed by atoms with Gasteiger partial charge in [0.05, 0.1) is 19.1 Å². The molecule has 0 fully saturated rings. The Hall–Kier alpha value is -2.97. The molecule has 0 atom stereocenters. The third-order valence-electron chi connectivity index (χ3n) is 3.15. The molecule has 7 nitrogen and oxygen atoms in total. The Kier molecular flexibility index (Phi) is 9.49. The van der Waals surface area contributed by atoms with Gasteiger partial charge < -0.3 is 25.4 Å². The molecule has 144 valence electrons. The molecule has 27 heavy (non-hydrogen) atoms. The quantitative estimate of drug-likeness (QED) is 0.616. The first kappa shape index (κ1) is 22.1. The second-order valence-electron chi connectivity index (χ2n) is 4.94. The maximum atomic E-state index is 9.55. The van der Waals surface area contributed by atoms with E-state index in [9.17, 15) is 9.59 Å². The third kappa shape index (κ3) is 7.85. The van der Waals surface area contributed by atoms with E-state index in [1.807, 2.05) is 36.4 Å². The topological polar surface area (TPSA) is 119 Å². The predicted octanol–water partition coefficient (Wildman–Crippen LogP) is 3.03. The van der Waals surface area contributed by atoms with E-state index in [2.05, 4.69) is 6.07 Å². The van der Waals surface area contributed by atoms with E-state index in [0.29, 0.717) is 18.7 Å². The zero-order chi connectivity index (χ0) is 20.2. The molecule has 0 unspecified atom stereocenters. The lowest BCUT2D eigenvalue weighted by atomic mass is 10.2. The highest BCUT2D eigenvalue weighted by Crippen LogP contribution is 2.38. The van der Waals surface area contributed by atoms with Crippen molar-refractivity contribution >= 4 is 23.7 Å². The lowest BCUT2D eigenvalue weighted by molar-refractivity contribution is -0.134. The van der Waals surface area contributed by atoms with Crippen LogP contribution in [0.3, 0.4) is 0 Å². The average Bonchev–Trinajstić information content (AvgIpc) is 2.67. The van der Waals surface area contributed by atoms with Gasteiger partial charge in [0.15, 0.2) is 0 Å². The fourth-order valence-corrected chi connectivity index (χ4v) is 2.99. The van der Waals surface area contributed by atoms with Crippen molar-refractivity contribution in [3.63, 3.8) is 0 Å². The van der Waals surface area contributed by atoms with E-state index in [0.717, 1.165) is 26.9 Å². The van der Waals surface area contributed by atoms with Crippen molar-refractivity contribution in [2.24, 2.45) is 5.73 Å². The standard InChI is InChI=1S/C15H17NO2S.C4H4O4/c1-17-12-7-8-13(18-2)15(9-12)19-14-6-4-3-5-11(14)10-16;5-3(6)1-2-4(7)8/h3-9H,10,16H2,1-2H3;1-2H,(H,5,6)(H,7,8).